The molecule has 1 aliphatic heterocycles. The summed E-state index contributed by atoms with van der Waals surface area (Å²) in [6.07, 6.45) is 2.74. The molecule has 3 rings (SSSR count). The quantitative estimate of drug-likeness (QED) is 0.835. The van der Waals surface area contributed by atoms with Gasteiger partial charge in [-0.2, -0.15) is 0 Å². The van der Waals surface area contributed by atoms with Crippen LogP contribution in [-0.4, -0.2) is 40.7 Å². The standard InChI is InChI=1S/C21H27N3O3S/c1-16-7-9-19(10-8-16)24-13-11-17(12-14-24)21(25)22-18-5-4-6-20(15-18)23(2)28(3,26)27/h4-10,15,17H,11-14H2,1-3H3,(H,22,25). The Balaban J connectivity index is 1.60. The topological polar surface area (TPSA) is 69.7 Å². The second-order valence-corrected chi connectivity index (χ2v) is 9.38. The van der Waals surface area contributed by atoms with Crippen LogP contribution in [0.4, 0.5) is 17.1 Å². The van der Waals surface area contributed by atoms with Crippen LogP contribution < -0.4 is 14.5 Å². The van der Waals surface area contributed by atoms with Crippen molar-refractivity contribution in [1.29, 1.82) is 0 Å². The average molecular weight is 402 g/mol. The Morgan fingerprint density at radius 2 is 1.75 bits per heavy atom. The zero-order valence-electron chi connectivity index (χ0n) is 16.6. The fourth-order valence-electron chi connectivity index (χ4n) is 3.37. The highest BCUT2D eigenvalue weighted by atomic mass is 32.2. The molecule has 2 aromatic rings. The minimum absolute atomic E-state index is 0.0114. The summed E-state index contributed by atoms with van der Waals surface area (Å²) in [5.41, 5.74) is 3.57. The molecule has 0 bridgehead atoms. The lowest BCUT2D eigenvalue weighted by atomic mass is 9.95. The number of amides is 1. The molecule has 1 saturated heterocycles. The van der Waals surface area contributed by atoms with Crippen molar-refractivity contribution in [3.8, 4) is 0 Å². The van der Waals surface area contributed by atoms with Crippen molar-refractivity contribution in [2.24, 2.45) is 5.92 Å². The van der Waals surface area contributed by atoms with Gasteiger partial charge in [-0.3, -0.25) is 9.10 Å². The fraction of sp³-hybridized carbons (Fsp3) is 0.381. The first kappa shape index (κ1) is 20.2. The van der Waals surface area contributed by atoms with Crippen molar-refractivity contribution in [3.05, 3.63) is 54.1 Å². The molecule has 6 nitrogen and oxygen atoms in total. The van der Waals surface area contributed by atoms with E-state index in [9.17, 15) is 13.2 Å². The molecule has 28 heavy (non-hydrogen) atoms. The van der Waals surface area contributed by atoms with Crippen LogP contribution in [0.1, 0.15) is 18.4 Å². The van der Waals surface area contributed by atoms with Crippen molar-refractivity contribution < 1.29 is 13.2 Å². The van der Waals surface area contributed by atoms with Gasteiger partial charge in [0.25, 0.3) is 0 Å². The number of nitrogens with one attached hydrogen (secondary N) is 1. The Morgan fingerprint density at radius 3 is 2.36 bits per heavy atom. The minimum atomic E-state index is -3.34. The molecule has 1 amide bonds. The van der Waals surface area contributed by atoms with Crippen LogP contribution in [0.2, 0.25) is 0 Å². The van der Waals surface area contributed by atoms with Crippen molar-refractivity contribution in [3.63, 3.8) is 0 Å². The first-order valence-electron chi connectivity index (χ1n) is 9.40. The van der Waals surface area contributed by atoms with Gasteiger partial charge in [-0.1, -0.05) is 23.8 Å². The molecule has 7 heteroatoms. The number of hydrogen-bond donors (Lipinski definition) is 1. The van der Waals surface area contributed by atoms with Crippen LogP contribution in [-0.2, 0) is 14.8 Å². The number of sulfonamides is 1. The number of nitrogens with zero attached hydrogens (tertiary/aromatic N) is 2. The van der Waals surface area contributed by atoms with E-state index >= 15 is 0 Å². The number of carbonyl (C=O) groups is 1. The van der Waals surface area contributed by atoms with Gasteiger partial charge in [0.2, 0.25) is 15.9 Å². The molecule has 1 heterocycles. The van der Waals surface area contributed by atoms with Gasteiger partial charge in [-0.15, -0.1) is 0 Å². The second-order valence-electron chi connectivity index (χ2n) is 7.37. The summed E-state index contributed by atoms with van der Waals surface area (Å²) in [4.78, 5) is 15.0. The highest BCUT2D eigenvalue weighted by Crippen LogP contribution is 2.26. The van der Waals surface area contributed by atoms with Crippen LogP contribution in [0.15, 0.2) is 48.5 Å². The monoisotopic (exact) mass is 401 g/mol. The second kappa shape index (κ2) is 8.22. The molecule has 0 radical (unpaired) electrons. The Morgan fingerprint density at radius 1 is 1.11 bits per heavy atom. The Hall–Kier alpha value is -2.54. The van der Waals surface area contributed by atoms with Gasteiger partial charge in [0.1, 0.15) is 0 Å². The lowest BCUT2D eigenvalue weighted by Crippen LogP contribution is -2.38. The summed E-state index contributed by atoms with van der Waals surface area (Å²) in [6.45, 7) is 3.76. The zero-order valence-corrected chi connectivity index (χ0v) is 17.4. The van der Waals surface area contributed by atoms with Crippen molar-refractivity contribution >= 4 is 33.0 Å². The third-order valence-corrected chi connectivity index (χ3v) is 6.45. The number of piperidine rings is 1. The zero-order chi connectivity index (χ0) is 20.3. The van der Waals surface area contributed by atoms with Crippen LogP contribution in [0, 0.1) is 12.8 Å². The van der Waals surface area contributed by atoms with Crippen molar-refractivity contribution in [2.75, 3.05) is 40.9 Å². The Kier molecular flexibility index (Phi) is 5.93. The van der Waals surface area contributed by atoms with E-state index in [1.54, 1.807) is 24.3 Å². The molecule has 0 aromatic heterocycles. The lowest BCUT2D eigenvalue weighted by molar-refractivity contribution is -0.120. The maximum absolute atomic E-state index is 12.7. The van der Waals surface area contributed by atoms with Gasteiger partial charge >= 0.3 is 0 Å². The molecule has 1 fully saturated rings. The molecule has 0 unspecified atom stereocenters. The number of anilines is 3. The van der Waals surface area contributed by atoms with Crippen molar-refractivity contribution in [2.45, 2.75) is 19.8 Å². The molecule has 0 saturated carbocycles. The van der Waals surface area contributed by atoms with Gasteiger partial charge in [0.15, 0.2) is 0 Å². The number of rotatable bonds is 5. The summed E-state index contributed by atoms with van der Waals surface area (Å²) in [5, 5.41) is 2.94. The largest absolute Gasteiger partial charge is 0.371 e. The molecule has 2 aromatic carbocycles. The fourth-order valence-corrected chi connectivity index (χ4v) is 3.87. The Labute approximate surface area is 167 Å². The SMILES string of the molecule is Cc1ccc(N2CCC(C(=O)Nc3cccc(N(C)S(C)(=O)=O)c3)CC2)cc1. The summed E-state index contributed by atoms with van der Waals surface area (Å²) < 4.78 is 24.6. The average Bonchev–Trinajstić information content (AvgIpc) is 2.67. The van der Waals surface area contributed by atoms with E-state index in [4.69, 9.17) is 0 Å². The maximum Gasteiger partial charge on any atom is 0.231 e. The number of hydrogen-bond acceptors (Lipinski definition) is 4. The van der Waals surface area contributed by atoms with Crippen LogP contribution >= 0.6 is 0 Å². The third-order valence-electron chi connectivity index (χ3n) is 5.24. The number of benzene rings is 2. The third kappa shape index (κ3) is 4.84. The van der Waals surface area contributed by atoms with Crippen molar-refractivity contribution in [1.82, 2.24) is 0 Å². The molecule has 150 valence electrons. The molecule has 1 aliphatic rings. The summed E-state index contributed by atoms with van der Waals surface area (Å²) >= 11 is 0. The molecular weight excluding hydrogens is 374 g/mol. The first-order chi connectivity index (χ1) is 13.2. The molecule has 0 aliphatic carbocycles. The van der Waals surface area contributed by atoms with Crippen LogP contribution in [0.5, 0.6) is 0 Å². The lowest BCUT2D eigenvalue weighted by Gasteiger charge is -2.33. The van der Waals surface area contributed by atoms with E-state index < -0.39 is 10.0 Å². The molecule has 0 spiro atoms. The van der Waals surface area contributed by atoms with Gasteiger partial charge in [0.05, 0.1) is 11.9 Å². The van der Waals surface area contributed by atoms with E-state index in [0.717, 1.165) is 32.2 Å². The number of aryl methyl sites for hydroxylation is 1. The van der Waals surface area contributed by atoms with E-state index in [0.29, 0.717) is 11.4 Å². The highest BCUT2D eigenvalue weighted by Gasteiger charge is 2.25. The van der Waals surface area contributed by atoms with E-state index in [2.05, 4.69) is 41.4 Å². The molecular formula is C21H27N3O3S. The van der Waals surface area contributed by atoms with Gasteiger partial charge < -0.3 is 10.2 Å². The summed E-state index contributed by atoms with van der Waals surface area (Å²) in [6, 6.07) is 15.4. The summed E-state index contributed by atoms with van der Waals surface area (Å²) in [7, 11) is -1.84. The number of carbonyl (C=O) groups excluding carboxylic acids is 1. The van der Waals surface area contributed by atoms with Crippen LogP contribution in [0.25, 0.3) is 0 Å². The predicted molar refractivity (Wildman–Crippen MR) is 114 cm³/mol. The van der Waals surface area contributed by atoms with Gasteiger partial charge in [-0.25, -0.2) is 8.42 Å². The normalized spacial score (nSPS) is 15.3. The molecule has 1 N–H and O–H groups in total. The van der Waals surface area contributed by atoms with Crippen LogP contribution in [0.3, 0.4) is 0 Å². The van der Waals surface area contributed by atoms with E-state index in [1.807, 2.05) is 0 Å². The molecule has 0 atom stereocenters. The smallest absolute Gasteiger partial charge is 0.231 e. The van der Waals surface area contributed by atoms with Gasteiger partial charge in [-0.05, 0) is 50.1 Å². The maximum atomic E-state index is 12.7. The van der Waals surface area contributed by atoms with E-state index in [-0.39, 0.29) is 11.8 Å². The predicted octanol–water partition coefficient (Wildman–Crippen LogP) is 3.25. The highest BCUT2D eigenvalue weighted by molar-refractivity contribution is 7.92. The first-order valence-corrected chi connectivity index (χ1v) is 11.3. The van der Waals surface area contributed by atoms with E-state index in [1.165, 1.54) is 22.6 Å². The van der Waals surface area contributed by atoms with Gasteiger partial charge in [0, 0.05) is 37.4 Å². The summed E-state index contributed by atoms with van der Waals surface area (Å²) in [5.74, 6) is -0.0549. The minimum Gasteiger partial charge on any atom is -0.371 e. The Bertz CT molecular complexity index is 934.